The topological polar surface area (TPSA) is 69.6 Å². The van der Waals surface area contributed by atoms with Crippen LogP contribution < -0.4 is 5.32 Å². The molecule has 0 saturated carbocycles. The molecule has 28 heavy (non-hydrogen) atoms. The summed E-state index contributed by atoms with van der Waals surface area (Å²) in [5.74, 6) is -2.46. The van der Waals surface area contributed by atoms with E-state index in [4.69, 9.17) is 23.2 Å². The van der Waals surface area contributed by atoms with Gasteiger partial charge in [0.15, 0.2) is 5.76 Å². The molecule has 1 atom stereocenters. The molecule has 0 bridgehead atoms. The van der Waals surface area contributed by atoms with Crippen LogP contribution in [0.15, 0.2) is 29.5 Å². The average Bonchev–Trinajstić information content (AvgIpc) is 2.88. The van der Waals surface area contributed by atoms with Gasteiger partial charge < -0.3 is 15.3 Å². The lowest BCUT2D eigenvalue weighted by atomic mass is 10.1. The van der Waals surface area contributed by atoms with Crippen LogP contribution in [-0.4, -0.2) is 47.1 Å². The van der Waals surface area contributed by atoms with Gasteiger partial charge in [-0.15, -0.1) is 0 Å². The van der Waals surface area contributed by atoms with E-state index in [9.17, 15) is 27.9 Å². The average molecular weight is 439 g/mol. The van der Waals surface area contributed by atoms with Gasteiger partial charge in [-0.25, -0.2) is 0 Å². The minimum atomic E-state index is -4.43. The normalized spacial score (nSPS) is 15.9. The van der Waals surface area contributed by atoms with E-state index < -0.39 is 36.7 Å². The predicted molar refractivity (Wildman–Crippen MR) is 99.3 cm³/mol. The fourth-order valence-electron chi connectivity index (χ4n) is 2.70. The largest absolute Gasteiger partial charge is 0.503 e. The number of carbonyl (C=O) groups is 2. The highest BCUT2D eigenvalue weighted by Crippen LogP contribution is 2.25. The highest BCUT2D eigenvalue weighted by atomic mass is 35.5. The molecule has 2 amide bonds. The Labute approximate surface area is 170 Å². The lowest BCUT2D eigenvalue weighted by Crippen LogP contribution is -2.36. The number of alkyl halides is 3. The summed E-state index contributed by atoms with van der Waals surface area (Å²) in [6, 6.07) is 4.90. The molecule has 0 saturated heterocycles. The second-order valence-electron chi connectivity index (χ2n) is 6.58. The van der Waals surface area contributed by atoms with Gasteiger partial charge in [0.2, 0.25) is 0 Å². The van der Waals surface area contributed by atoms with Crippen LogP contribution in [0.1, 0.15) is 25.3 Å². The minimum Gasteiger partial charge on any atom is -0.503 e. The van der Waals surface area contributed by atoms with Crippen molar-refractivity contribution in [2.24, 2.45) is 0 Å². The third-order valence-corrected chi connectivity index (χ3v) is 5.03. The van der Waals surface area contributed by atoms with E-state index in [0.717, 1.165) is 10.5 Å². The van der Waals surface area contributed by atoms with Gasteiger partial charge in [-0.2, -0.15) is 13.2 Å². The SMILES string of the molecule is CC(CCc1ccc(Cl)c(Cl)c1)NC(=O)C1=C(O)C(=O)N(CCC(F)(F)F)C1. The van der Waals surface area contributed by atoms with E-state index >= 15 is 0 Å². The van der Waals surface area contributed by atoms with Gasteiger partial charge in [-0.1, -0.05) is 29.3 Å². The van der Waals surface area contributed by atoms with Crippen molar-refractivity contribution >= 4 is 35.0 Å². The molecule has 0 aliphatic carbocycles. The molecule has 2 rings (SSSR count). The molecule has 154 valence electrons. The molecule has 0 fully saturated rings. The fourth-order valence-corrected chi connectivity index (χ4v) is 3.02. The number of amides is 2. The molecule has 1 aromatic carbocycles. The monoisotopic (exact) mass is 438 g/mol. The first-order valence-corrected chi connectivity index (χ1v) is 9.26. The van der Waals surface area contributed by atoms with Crippen LogP contribution >= 0.6 is 23.2 Å². The fraction of sp³-hybridized carbons (Fsp3) is 0.444. The predicted octanol–water partition coefficient (Wildman–Crippen LogP) is 4.04. The smallest absolute Gasteiger partial charge is 0.390 e. The summed E-state index contributed by atoms with van der Waals surface area (Å²) in [4.78, 5) is 24.9. The zero-order chi connectivity index (χ0) is 21.1. The third kappa shape index (κ3) is 6.04. The van der Waals surface area contributed by atoms with Crippen LogP contribution in [0.4, 0.5) is 13.2 Å². The molecule has 2 N–H and O–H groups in total. The van der Waals surface area contributed by atoms with Crippen LogP contribution in [0, 0.1) is 0 Å². The maximum Gasteiger partial charge on any atom is 0.390 e. The van der Waals surface area contributed by atoms with Gasteiger partial charge in [0.25, 0.3) is 11.8 Å². The highest BCUT2D eigenvalue weighted by Gasteiger charge is 2.36. The summed E-state index contributed by atoms with van der Waals surface area (Å²) in [6.45, 7) is 0.771. The van der Waals surface area contributed by atoms with Crippen molar-refractivity contribution < 1.29 is 27.9 Å². The van der Waals surface area contributed by atoms with Crippen LogP contribution in [0.3, 0.4) is 0 Å². The standard InChI is InChI=1S/C18H19Cl2F3N2O3/c1-10(2-3-11-4-5-13(19)14(20)8-11)24-16(27)12-9-25(17(28)15(12)26)7-6-18(21,22)23/h4-5,8,10,26H,2-3,6-7,9H2,1H3,(H,24,27). The van der Waals surface area contributed by atoms with Crippen molar-refractivity contribution in [3.63, 3.8) is 0 Å². The number of hydrogen-bond donors (Lipinski definition) is 2. The van der Waals surface area contributed by atoms with Crippen LogP contribution in [-0.2, 0) is 16.0 Å². The number of halogens is 5. The molecular weight excluding hydrogens is 420 g/mol. The summed E-state index contributed by atoms with van der Waals surface area (Å²) < 4.78 is 37.0. The molecular formula is C18H19Cl2F3N2O3. The molecule has 10 heteroatoms. The number of aryl methyl sites for hydroxylation is 1. The van der Waals surface area contributed by atoms with E-state index in [1.807, 2.05) is 6.07 Å². The Kier molecular flexibility index (Phi) is 7.22. The number of carbonyl (C=O) groups excluding carboxylic acids is 2. The van der Waals surface area contributed by atoms with E-state index in [2.05, 4.69) is 5.32 Å². The summed E-state index contributed by atoms with van der Waals surface area (Å²) in [6.07, 6.45) is -4.50. The van der Waals surface area contributed by atoms with Gasteiger partial charge in [0, 0.05) is 12.6 Å². The second-order valence-corrected chi connectivity index (χ2v) is 7.40. The van der Waals surface area contributed by atoms with Gasteiger partial charge in [-0.3, -0.25) is 9.59 Å². The van der Waals surface area contributed by atoms with Crippen LogP contribution in [0.2, 0.25) is 10.0 Å². The number of aliphatic hydroxyl groups is 1. The number of nitrogens with one attached hydrogen (secondary N) is 1. The molecule has 1 aliphatic heterocycles. The quantitative estimate of drug-likeness (QED) is 0.674. The van der Waals surface area contributed by atoms with Gasteiger partial charge in [0.1, 0.15) is 0 Å². The molecule has 0 radical (unpaired) electrons. The van der Waals surface area contributed by atoms with Crippen molar-refractivity contribution in [2.75, 3.05) is 13.1 Å². The van der Waals surface area contributed by atoms with E-state index in [-0.39, 0.29) is 18.2 Å². The van der Waals surface area contributed by atoms with Crippen molar-refractivity contribution in [1.82, 2.24) is 10.2 Å². The Morgan fingerprint density at radius 3 is 2.61 bits per heavy atom. The van der Waals surface area contributed by atoms with Crippen molar-refractivity contribution in [2.45, 2.75) is 38.4 Å². The highest BCUT2D eigenvalue weighted by molar-refractivity contribution is 6.42. The number of rotatable bonds is 7. The molecule has 1 aliphatic rings. The number of nitrogens with zero attached hydrogens (tertiary/aromatic N) is 1. The Hall–Kier alpha value is -1.93. The van der Waals surface area contributed by atoms with Crippen molar-refractivity contribution in [3.8, 4) is 0 Å². The summed E-state index contributed by atoms with van der Waals surface area (Å²) in [5, 5.41) is 13.3. The van der Waals surface area contributed by atoms with Gasteiger partial charge in [-0.05, 0) is 37.5 Å². The zero-order valence-corrected chi connectivity index (χ0v) is 16.5. The zero-order valence-electron chi connectivity index (χ0n) is 14.9. The minimum absolute atomic E-state index is 0.228. The number of hydrogen-bond acceptors (Lipinski definition) is 3. The van der Waals surface area contributed by atoms with E-state index in [1.165, 1.54) is 0 Å². The number of benzene rings is 1. The molecule has 1 aromatic rings. The van der Waals surface area contributed by atoms with E-state index in [0.29, 0.717) is 22.9 Å². The Morgan fingerprint density at radius 2 is 2.00 bits per heavy atom. The maximum absolute atomic E-state index is 12.3. The number of aliphatic hydroxyl groups excluding tert-OH is 1. The first-order valence-electron chi connectivity index (χ1n) is 8.51. The summed E-state index contributed by atoms with van der Waals surface area (Å²) in [5.41, 5.74) is 0.695. The Balaban J connectivity index is 1.88. The first-order chi connectivity index (χ1) is 13.0. The lowest BCUT2D eigenvalue weighted by molar-refractivity contribution is -0.143. The van der Waals surface area contributed by atoms with Crippen molar-refractivity contribution in [3.05, 3.63) is 45.1 Å². The first kappa shape index (κ1) is 22.4. The molecule has 5 nitrogen and oxygen atoms in total. The van der Waals surface area contributed by atoms with E-state index in [1.54, 1.807) is 19.1 Å². The molecule has 1 unspecified atom stereocenters. The maximum atomic E-state index is 12.3. The molecule has 1 heterocycles. The Bertz CT molecular complexity index is 797. The lowest BCUT2D eigenvalue weighted by Gasteiger charge is -2.18. The third-order valence-electron chi connectivity index (χ3n) is 4.29. The van der Waals surface area contributed by atoms with Crippen molar-refractivity contribution in [1.29, 1.82) is 0 Å². The van der Waals surface area contributed by atoms with Crippen LogP contribution in [0.5, 0.6) is 0 Å². The molecule has 0 aromatic heterocycles. The van der Waals surface area contributed by atoms with Crippen LogP contribution in [0.25, 0.3) is 0 Å². The summed E-state index contributed by atoms with van der Waals surface area (Å²) in [7, 11) is 0. The van der Waals surface area contributed by atoms with Gasteiger partial charge in [0.05, 0.1) is 28.6 Å². The summed E-state index contributed by atoms with van der Waals surface area (Å²) >= 11 is 11.8. The molecule has 0 spiro atoms. The Morgan fingerprint density at radius 1 is 1.32 bits per heavy atom. The second kappa shape index (κ2) is 9.05. The van der Waals surface area contributed by atoms with Gasteiger partial charge >= 0.3 is 6.18 Å².